The lowest BCUT2D eigenvalue weighted by Crippen LogP contribution is -2.09. The van der Waals surface area contributed by atoms with Crippen LogP contribution in [0.2, 0.25) is 0 Å². The van der Waals surface area contributed by atoms with Crippen LogP contribution in [0.15, 0.2) is 24.3 Å². The van der Waals surface area contributed by atoms with E-state index in [0.717, 1.165) is 19.3 Å². The average Bonchev–Trinajstić information content (AvgIpc) is 2.45. The molecule has 0 unspecified atom stereocenters. The predicted octanol–water partition coefficient (Wildman–Crippen LogP) is 3.72. The molecule has 0 saturated carbocycles. The second-order valence-corrected chi connectivity index (χ2v) is 6.97. The third-order valence-corrected chi connectivity index (χ3v) is 4.55. The first-order chi connectivity index (χ1) is 9.57. The number of benzene rings is 1. The second-order valence-electron chi connectivity index (χ2n) is 5.05. The van der Waals surface area contributed by atoms with Crippen molar-refractivity contribution in [2.45, 2.75) is 52.4 Å². The fraction of sp³-hybridized carbons (Fsp3) is 0.625. The summed E-state index contributed by atoms with van der Waals surface area (Å²) >= 11 is 0. The van der Waals surface area contributed by atoms with Gasteiger partial charge in [-0.3, -0.25) is 4.18 Å². The third kappa shape index (κ3) is 7.06. The smallest absolute Gasteiger partial charge is 0.267 e. The number of aryl methyl sites for hydroxylation is 2. The fourth-order valence-electron chi connectivity index (χ4n) is 2.00. The summed E-state index contributed by atoms with van der Waals surface area (Å²) in [4.78, 5) is 0. The van der Waals surface area contributed by atoms with Gasteiger partial charge in [0, 0.05) is 0 Å². The van der Waals surface area contributed by atoms with Gasteiger partial charge in [-0.1, -0.05) is 44.0 Å². The van der Waals surface area contributed by atoms with Crippen molar-refractivity contribution in [1.29, 1.82) is 0 Å². The Hall–Kier alpha value is -0.870. The highest BCUT2D eigenvalue weighted by atomic mass is 32.2. The summed E-state index contributed by atoms with van der Waals surface area (Å²) in [5.74, 6) is 0.0411. The first kappa shape index (κ1) is 17.2. The zero-order valence-electron chi connectivity index (χ0n) is 12.6. The molecule has 114 valence electrons. The Bertz CT molecular complexity index is 463. The van der Waals surface area contributed by atoms with Gasteiger partial charge in [-0.25, -0.2) is 0 Å². The summed E-state index contributed by atoms with van der Waals surface area (Å²) in [7, 11) is -3.29. The molecule has 0 atom stereocenters. The zero-order chi connectivity index (χ0) is 14.8. The highest BCUT2D eigenvalue weighted by molar-refractivity contribution is 7.86. The summed E-state index contributed by atoms with van der Waals surface area (Å²) in [6.45, 7) is 4.07. The number of unbranched alkanes of at least 4 members (excludes halogenated alkanes) is 2. The maximum absolute atomic E-state index is 11.2. The van der Waals surface area contributed by atoms with Crippen LogP contribution in [0.25, 0.3) is 0 Å². The Morgan fingerprint density at radius 3 is 1.95 bits per heavy atom. The van der Waals surface area contributed by atoms with Gasteiger partial charge in [0.2, 0.25) is 0 Å². The lowest BCUT2D eigenvalue weighted by molar-refractivity contribution is 0.313. The molecule has 0 aliphatic heterocycles. The summed E-state index contributed by atoms with van der Waals surface area (Å²) in [5, 5.41) is 0. The van der Waals surface area contributed by atoms with Gasteiger partial charge in [0.25, 0.3) is 10.1 Å². The zero-order valence-corrected chi connectivity index (χ0v) is 13.4. The monoisotopic (exact) mass is 298 g/mol. The molecule has 20 heavy (non-hydrogen) atoms. The minimum absolute atomic E-state index is 0.0411. The van der Waals surface area contributed by atoms with Crippen LogP contribution in [0.3, 0.4) is 0 Å². The van der Waals surface area contributed by atoms with E-state index in [1.165, 1.54) is 30.4 Å². The Kier molecular flexibility index (Phi) is 7.85. The van der Waals surface area contributed by atoms with Crippen molar-refractivity contribution in [3.05, 3.63) is 35.4 Å². The van der Waals surface area contributed by atoms with E-state index in [1.807, 2.05) is 0 Å². The van der Waals surface area contributed by atoms with E-state index in [4.69, 9.17) is 4.18 Å². The van der Waals surface area contributed by atoms with E-state index in [0.29, 0.717) is 0 Å². The third-order valence-electron chi connectivity index (χ3n) is 3.32. The van der Waals surface area contributed by atoms with Crippen LogP contribution in [-0.4, -0.2) is 20.8 Å². The molecule has 0 aromatic heterocycles. The van der Waals surface area contributed by atoms with E-state index < -0.39 is 10.1 Å². The molecule has 1 aromatic rings. The molecule has 0 amide bonds. The van der Waals surface area contributed by atoms with Gasteiger partial charge >= 0.3 is 0 Å². The van der Waals surface area contributed by atoms with Crippen molar-refractivity contribution in [1.82, 2.24) is 0 Å². The normalized spacial score (nSPS) is 11.7. The highest BCUT2D eigenvalue weighted by Crippen LogP contribution is 2.10. The van der Waals surface area contributed by atoms with Crippen molar-refractivity contribution in [2.75, 3.05) is 12.4 Å². The average molecular weight is 298 g/mol. The topological polar surface area (TPSA) is 43.4 Å². The van der Waals surface area contributed by atoms with Gasteiger partial charge in [-0.2, -0.15) is 8.42 Å². The Balaban J connectivity index is 2.28. The molecule has 3 nitrogen and oxygen atoms in total. The molecule has 0 spiro atoms. The van der Waals surface area contributed by atoms with Crippen molar-refractivity contribution in [3.63, 3.8) is 0 Å². The molecule has 0 aliphatic rings. The Morgan fingerprint density at radius 1 is 0.900 bits per heavy atom. The van der Waals surface area contributed by atoms with E-state index in [9.17, 15) is 8.42 Å². The van der Waals surface area contributed by atoms with Crippen molar-refractivity contribution in [2.24, 2.45) is 0 Å². The van der Waals surface area contributed by atoms with Crippen LogP contribution in [-0.2, 0) is 27.1 Å². The molecule has 0 N–H and O–H groups in total. The van der Waals surface area contributed by atoms with Gasteiger partial charge in [0.1, 0.15) is 0 Å². The molecule has 0 bridgehead atoms. The molecule has 0 fully saturated rings. The van der Waals surface area contributed by atoms with Gasteiger partial charge in [0.15, 0.2) is 0 Å². The maximum Gasteiger partial charge on any atom is 0.267 e. The largest absolute Gasteiger partial charge is 0.270 e. The van der Waals surface area contributed by atoms with Gasteiger partial charge in [-0.15, -0.1) is 0 Å². The molecule has 1 aromatic carbocycles. The molecule has 0 saturated heterocycles. The van der Waals surface area contributed by atoms with Crippen LogP contribution in [0.1, 0.15) is 50.7 Å². The summed E-state index contributed by atoms with van der Waals surface area (Å²) in [6.07, 6.45) is 6.51. The maximum atomic E-state index is 11.2. The highest BCUT2D eigenvalue weighted by Gasteiger charge is 2.06. The standard InChI is InChI=1S/C16H26O3S/c1-3-5-6-8-15-10-12-16(13-11-15)9-7-14-19-20(17,18)4-2/h10-13H,3-9,14H2,1-2H3. The van der Waals surface area contributed by atoms with Crippen LogP contribution < -0.4 is 0 Å². The van der Waals surface area contributed by atoms with Gasteiger partial charge in [-0.05, 0) is 43.7 Å². The summed E-state index contributed by atoms with van der Waals surface area (Å²) < 4.78 is 27.2. The molecular weight excluding hydrogens is 272 g/mol. The molecule has 4 heteroatoms. The van der Waals surface area contributed by atoms with E-state index in [-0.39, 0.29) is 12.4 Å². The first-order valence-corrected chi connectivity index (χ1v) is 9.10. The lowest BCUT2D eigenvalue weighted by Gasteiger charge is -2.05. The number of hydrogen-bond donors (Lipinski definition) is 0. The summed E-state index contributed by atoms with van der Waals surface area (Å²) in [5.41, 5.74) is 2.62. The van der Waals surface area contributed by atoms with Gasteiger partial charge in [0.05, 0.1) is 12.4 Å². The molecule has 0 radical (unpaired) electrons. The summed E-state index contributed by atoms with van der Waals surface area (Å²) in [6, 6.07) is 8.62. The van der Waals surface area contributed by atoms with Crippen LogP contribution in [0.5, 0.6) is 0 Å². The fourth-order valence-corrected chi connectivity index (χ4v) is 2.54. The van der Waals surface area contributed by atoms with Crippen molar-refractivity contribution >= 4 is 10.1 Å². The number of rotatable bonds is 10. The van der Waals surface area contributed by atoms with Crippen molar-refractivity contribution in [3.8, 4) is 0 Å². The van der Waals surface area contributed by atoms with Crippen LogP contribution in [0.4, 0.5) is 0 Å². The number of hydrogen-bond acceptors (Lipinski definition) is 3. The molecular formula is C16H26O3S. The van der Waals surface area contributed by atoms with E-state index in [1.54, 1.807) is 6.92 Å². The minimum Gasteiger partial charge on any atom is -0.270 e. The van der Waals surface area contributed by atoms with E-state index in [2.05, 4.69) is 31.2 Å². The second kappa shape index (κ2) is 9.14. The van der Waals surface area contributed by atoms with Gasteiger partial charge < -0.3 is 0 Å². The first-order valence-electron chi connectivity index (χ1n) is 7.52. The van der Waals surface area contributed by atoms with Crippen molar-refractivity contribution < 1.29 is 12.6 Å². The van der Waals surface area contributed by atoms with Crippen LogP contribution >= 0.6 is 0 Å². The molecule has 0 aliphatic carbocycles. The predicted molar refractivity (Wildman–Crippen MR) is 83.4 cm³/mol. The lowest BCUT2D eigenvalue weighted by atomic mass is 10.0. The Labute approximate surface area is 123 Å². The minimum atomic E-state index is -3.29. The molecule has 1 rings (SSSR count). The van der Waals surface area contributed by atoms with Crippen LogP contribution in [0, 0.1) is 0 Å². The quantitative estimate of drug-likeness (QED) is 0.488. The SMILES string of the molecule is CCCCCc1ccc(CCCOS(=O)(=O)CC)cc1. The molecule has 0 heterocycles. The Morgan fingerprint density at radius 2 is 1.45 bits per heavy atom. The van der Waals surface area contributed by atoms with E-state index >= 15 is 0 Å².